The second-order valence-corrected chi connectivity index (χ2v) is 5.83. The predicted molar refractivity (Wildman–Crippen MR) is 72.1 cm³/mol. The average molecular weight is 329 g/mol. The Hall–Kier alpha value is -1.27. The number of nitrogens with zero attached hydrogens (tertiary/aromatic N) is 1. The maximum Gasteiger partial charge on any atom is 0.252 e. The summed E-state index contributed by atoms with van der Waals surface area (Å²) in [6, 6.07) is 3.98. The number of nitrogens with one attached hydrogen (secondary N) is 1. The van der Waals surface area contributed by atoms with E-state index in [4.69, 9.17) is 0 Å². The Morgan fingerprint density at radius 2 is 2.33 bits per heavy atom. The number of carbonyl (C=O) groups is 1. The molecule has 0 aliphatic rings. The highest BCUT2D eigenvalue weighted by molar-refractivity contribution is 9.10. The molecule has 2 rings (SSSR count). The Bertz CT molecular complexity index is 585. The van der Waals surface area contributed by atoms with Crippen molar-refractivity contribution >= 4 is 33.2 Å². The molecule has 0 spiro atoms. The number of aryl methyl sites for hydroxylation is 1. The van der Waals surface area contributed by atoms with Crippen LogP contribution >= 0.6 is 27.3 Å². The second kappa shape index (κ2) is 5.58. The van der Waals surface area contributed by atoms with Gasteiger partial charge in [0.1, 0.15) is 5.82 Å². The molecule has 3 nitrogen and oxygen atoms in total. The highest BCUT2D eigenvalue weighted by atomic mass is 79.9. The van der Waals surface area contributed by atoms with E-state index in [0.717, 1.165) is 9.88 Å². The lowest BCUT2D eigenvalue weighted by Gasteiger charge is -2.05. The molecule has 0 saturated heterocycles. The van der Waals surface area contributed by atoms with Crippen LogP contribution in [0.2, 0.25) is 0 Å². The third-order valence-corrected chi connectivity index (χ3v) is 3.84. The lowest BCUT2D eigenvalue weighted by molar-refractivity contribution is 0.0950. The minimum atomic E-state index is -0.378. The molecule has 94 valence electrons. The zero-order valence-electron chi connectivity index (χ0n) is 9.54. The zero-order valence-corrected chi connectivity index (χ0v) is 11.9. The second-order valence-electron chi connectivity index (χ2n) is 3.65. The highest BCUT2D eigenvalue weighted by Crippen LogP contribution is 2.18. The number of halogens is 2. The quantitative estimate of drug-likeness (QED) is 0.939. The van der Waals surface area contributed by atoms with Crippen molar-refractivity contribution in [2.24, 2.45) is 0 Å². The SMILES string of the molecule is Cc1ncc(CNC(=O)c2ccc(F)cc2Br)s1. The Morgan fingerprint density at radius 1 is 1.56 bits per heavy atom. The molecule has 0 saturated carbocycles. The maximum atomic E-state index is 12.9. The standard InChI is InChI=1S/C12H10BrFN2OS/c1-7-15-5-9(18-7)6-16-12(17)10-3-2-8(14)4-11(10)13/h2-5H,6H2,1H3,(H,16,17). The van der Waals surface area contributed by atoms with Gasteiger partial charge in [0.2, 0.25) is 0 Å². The van der Waals surface area contributed by atoms with Crippen LogP contribution in [0.15, 0.2) is 28.9 Å². The van der Waals surface area contributed by atoms with Gasteiger partial charge in [-0.05, 0) is 41.1 Å². The molecule has 0 aliphatic carbocycles. The van der Waals surface area contributed by atoms with Crippen LogP contribution in [0.3, 0.4) is 0 Å². The van der Waals surface area contributed by atoms with Gasteiger partial charge >= 0.3 is 0 Å². The molecule has 18 heavy (non-hydrogen) atoms. The van der Waals surface area contributed by atoms with E-state index >= 15 is 0 Å². The Balaban J connectivity index is 2.03. The summed E-state index contributed by atoms with van der Waals surface area (Å²) in [4.78, 5) is 17.0. The van der Waals surface area contributed by atoms with Gasteiger partial charge in [-0.3, -0.25) is 4.79 Å². The van der Waals surface area contributed by atoms with E-state index in [1.54, 1.807) is 6.20 Å². The molecule has 2 aromatic rings. The number of hydrogen-bond acceptors (Lipinski definition) is 3. The molecular formula is C12H10BrFN2OS. The molecule has 0 unspecified atom stereocenters. The fourth-order valence-electron chi connectivity index (χ4n) is 1.42. The van der Waals surface area contributed by atoms with E-state index < -0.39 is 0 Å². The molecule has 0 fully saturated rings. The first-order chi connectivity index (χ1) is 8.56. The van der Waals surface area contributed by atoms with Crippen LogP contribution in [0, 0.1) is 12.7 Å². The Kier molecular flexibility index (Phi) is 4.08. The van der Waals surface area contributed by atoms with E-state index in [0.29, 0.717) is 16.6 Å². The average Bonchev–Trinajstić information content (AvgIpc) is 2.72. The van der Waals surface area contributed by atoms with Crippen molar-refractivity contribution in [3.63, 3.8) is 0 Å². The van der Waals surface area contributed by atoms with Gasteiger partial charge in [0.25, 0.3) is 5.91 Å². The van der Waals surface area contributed by atoms with Crippen LogP contribution in [0.25, 0.3) is 0 Å². The van der Waals surface area contributed by atoms with E-state index in [9.17, 15) is 9.18 Å². The molecular weight excluding hydrogens is 319 g/mol. The van der Waals surface area contributed by atoms with Crippen molar-refractivity contribution in [1.29, 1.82) is 0 Å². The van der Waals surface area contributed by atoms with Gasteiger partial charge in [-0.15, -0.1) is 11.3 Å². The maximum absolute atomic E-state index is 12.9. The number of thiazole rings is 1. The fraction of sp³-hybridized carbons (Fsp3) is 0.167. The first-order valence-electron chi connectivity index (χ1n) is 5.21. The van der Waals surface area contributed by atoms with Gasteiger partial charge in [0.05, 0.1) is 17.1 Å². The van der Waals surface area contributed by atoms with E-state index in [1.165, 1.54) is 29.5 Å². The van der Waals surface area contributed by atoms with Gasteiger partial charge in [-0.2, -0.15) is 0 Å². The lowest BCUT2D eigenvalue weighted by Crippen LogP contribution is -2.22. The number of rotatable bonds is 3. The fourth-order valence-corrected chi connectivity index (χ4v) is 2.69. The summed E-state index contributed by atoms with van der Waals surface area (Å²) in [6.07, 6.45) is 1.74. The van der Waals surface area contributed by atoms with Crippen molar-refractivity contribution in [3.8, 4) is 0 Å². The zero-order chi connectivity index (χ0) is 13.1. The molecule has 0 radical (unpaired) electrons. The summed E-state index contributed by atoms with van der Waals surface area (Å²) in [5, 5.41) is 3.73. The van der Waals surface area contributed by atoms with Crippen LogP contribution < -0.4 is 5.32 Å². The summed E-state index contributed by atoms with van der Waals surface area (Å²) < 4.78 is 13.3. The van der Waals surface area contributed by atoms with Crippen molar-refractivity contribution < 1.29 is 9.18 Å². The van der Waals surface area contributed by atoms with Crippen molar-refractivity contribution in [2.45, 2.75) is 13.5 Å². The van der Waals surface area contributed by atoms with Crippen LogP contribution in [-0.4, -0.2) is 10.9 Å². The first kappa shape index (κ1) is 13.2. The third-order valence-electron chi connectivity index (χ3n) is 2.27. The van der Waals surface area contributed by atoms with Crippen LogP contribution in [0.5, 0.6) is 0 Å². The summed E-state index contributed by atoms with van der Waals surface area (Å²) >= 11 is 4.70. The highest BCUT2D eigenvalue weighted by Gasteiger charge is 2.10. The number of aromatic nitrogens is 1. The number of carbonyl (C=O) groups excluding carboxylic acids is 1. The van der Waals surface area contributed by atoms with Gasteiger partial charge < -0.3 is 5.32 Å². The summed E-state index contributed by atoms with van der Waals surface area (Å²) in [5.41, 5.74) is 0.414. The Labute approximate surface area is 116 Å². The molecule has 1 heterocycles. The van der Waals surface area contributed by atoms with Gasteiger partial charge in [0.15, 0.2) is 0 Å². The molecule has 1 aromatic heterocycles. The minimum absolute atomic E-state index is 0.243. The predicted octanol–water partition coefficient (Wildman–Crippen LogP) is 3.28. The third kappa shape index (κ3) is 3.14. The summed E-state index contributed by atoms with van der Waals surface area (Å²) in [7, 11) is 0. The summed E-state index contributed by atoms with van der Waals surface area (Å²) in [5.74, 6) is -0.621. The summed E-state index contributed by atoms with van der Waals surface area (Å²) in [6.45, 7) is 2.33. The molecule has 0 bridgehead atoms. The van der Waals surface area contributed by atoms with Crippen LogP contribution in [0.4, 0.5) is 4.39 Å². The van der Waals surface area contributed by atoms with Gasteiger partial charge in [0, 0.05) is 15.5 Å². The smallest absolute Gasteiger partial charge is 0.252 e. The van der Waals surface area contributed by atoms with Crippen molar-refractivity contribution in [3.05, 3.63) is 50.1 Å². The van der Waals surface area contributed by atoms with E-state index in [-0.39, 0.29) is 11.7 Å². The number of benzene rings is 1. The van der Waals surface area contributed by atoms with Gasteiger partial charge in [-0.1, -0.05) is 0 Å². The molecule has 1 aromatic carbocycles. The largest absolute Gasteiger partial charge is 0.347 e. The van der Waals surface area contributed by atoms with Gasteiger partial charge in [-0.25, -0.2) is 9.37 Å². The Morgan fingerprint density at radius 3 is 2.94 bits per heavy atom. The van der Waals surface area contributed by atoms with E-state index in [1.807, 2.05) is 6.92 Å². The molecule has 1 N–H and O–H groups in total. The first-order valence-corrected chi connectivity index (χ1v) is 6.82. The molecule has 1 amide bonds. The van der Waals surface area contributed by atoms with E-state index in [2.05, 4.69) is 26.2 Å². The van der Waals surface area contributed by atoms with Crippen LogP contribution in [0.1, 0.15) is 20.2 Å². The molecule has 0 atom stereocenters. The number of hydrogen-bond donors (Lipinski definition) is 1. The monoisotopic (exact) mass is 328 g/mol. The number of amides is 1. The topological polar surface area (TPSA) is 42.0 Å². The van der Waals surface area contributed by atoms with Crippen molar-refractivity contribution in [1.82, 2.24) is 10.3 Å². The normalized spacial score (nSPS) is 10.4. The van der Waals surface area contributed by atoms with Crippen molar-refractivity contribution in [2.75, 3.05) is 0 Å². The van der Waals surface area contributed by atoms with Crippen LogP contribution in [-0.2, 0) is 6.54 Å². The molecule has 0 aliphatic heterocycles. The minimum Gasteiger partial charge on any atom is -0.347 e. The lowest BCUT2D eigenvalue weighted by atomic mass is 10.2. The molecule has 6 heteroatoms.